The van der Waals surface area contributed by atoms with Gasteiger partial charge in [-0.15, -0.1) is 0 Å². The van der Waals surface area contributed by atoms with Crippen molar-refractivity contribution in [3.05, 3.63) is 65.9 Å². The number of rotatable bonds is 8. The van der Waals surface area contributed by atoms with Gasteiger partial charge in [-0.2, -0.15) is 0 Å². The van der Waals surface area contributed by atoms with Crippen LogP contribution in [0.3, 0.4) is 0 Å². The number of ether oxygens (including phenoxy) is 1. The Morgan fingerprint density at radius 2 is 1.70 bits per heavy atom. The fourth-order valence-electron chi connectivity index (χ4n) is 3.72. The molecule has 0 unspecified atom stereocenters. The number of anilines is 1. The summed E-state index contributed by atoms with van der Waals surface area (Å²) in [6.07, 6.45) is 9.45. The molecule has 0 aliphatic heterocycles. The lowest BCUT2D eigenvalue weighted by Gasteiger charge is -2.21. The van der Waals surface area contributed by atoms with Crippen LogP contribution in [0.1, 0.15) is 51.0 Å². The fraction of sp³-hybridized carbons (Fsp3) is 0.360. The lowest BCUT2D eigenvalue weighted by molar-refractivity contribution is -0.120. The minimum Gasteiger partial charge on any atom is -0.494 e. The molecule has 5 nitrogen and oxygen atoms in total. The minimum absolute atomic E-state index is 0.196. The van der Waals surface area contributed by atoms with Gasteiger partial charge in [0.1, 0.15) is 11.4 Å². The first-order chi connectivity index (χ1) is 14.6. The van der Waals surface area contributed by atoms with E-state index in [9.17, 15) is 9.59 Å². The van der Waals surface area contributed by atoms with E-state index in [-0.39, 0.29) is 17.5 Å². The summed E-state index contributed by atoms with van der Waals surface area (Å²) in [6, 6.07) is 16.7. The molecule has 3 rings (SSSR count). The Labute approximate surface area is 178 Å². The standard InChI is InChI=1S/C25H30N2O3/c1-19(28)26-24(18-21-10-6-3-7-11-21)25(29)27-22-12-14-23(15-13-22)30-17-16-20-8-4-2-5-9-20/h3,6-7,10-15,18,20H,2,4-5,8-9,16-17H2,1H3,(H,26,28)(H,27,29)/b24-18-. The molecule has 0 bridgehead atoms. The highest BCUT2D eigenvalue weighted by atomic mass is 16.5. The molecule has 2 amide bonds. The number of hydrogen-bond donors (Lipinski definition) is 2. The largest absolute Gasteiger partial charge is 0.494 e. The lowest BCUT2D eigenvalue weighted by Crippen LogP contribution is -2.28. The quantitative estimate of drug-likeness (QED) is 0.596. The van der Waals surface area contributed by atoms with E-state index < -0.39 is 0 Å². The molecule has 1 saturated carbocycles. The van der Waals surface area contributed by atoms with Crippen LogP contribution in [0.2, 0.25) is 0 Å². The predicted molar refractivity (Wildman–Crippen MR) is 120 cm³/mol. The van der Waals surface area contributed by atoms with Gasteiger partial charge >= 0.3 is 0 Å². The molecule has 158 valence electrons. The summed E-state index contributed by atoms with van der Waals surface area (Å²) in [5, 5.41) is 5.43. The predicted octanol–water partition coefficient (Wildman–Crippen LogP) is 5.15. The van der Waals surface area contributed by atoms with Gasteiger partial charge in [-0.05, 0) is 48.2 Å². The average Bonchev–Trinajstić information content (AvgIpc) is 2.76. The highest BCUT2D eigenvalue weighted by molar-refractivity contribution is 6.08. The van der Waals surface area contributed by atoms with Gasteiger partial charge in [0, 0.05) is 12.6 Å². The van der Waals surface area contributed by atoms with Crippen LogP contribution < -0.4 is 15.4 Å². The molecular formula is C25H30N2O3. The van der Waals surface area contributed by atoms with E-state index in [0.29, 0.717) is 5.69 Å². The first kappa shape index (κ1) is 21.6. The number of nitrogens with one attached hydrogen (secondary N) is 2. The monoisotopic (exact) mass is 406 g/mol. The van der Waals surface area contributed by atoms with Crippen molar-refractivity contribution in [3.63, 3.8) is 0 Å². The smallest absolute Gasteiger partial charge is 0.272 e. The highest BCUT2D eigenvalue weighted by Crippen LogP contribution is 2.26. The zero-order valence-corrected chi connectivity index (χ0v) is 17.5. The third-order valence-electron chi connectivity index (χ3n) is 5.30. The Kier molecular flexibility index (Phi) is 8.07. The Morgan fingerprint density at radius 3 is 2.37 bits per heavy atom. The van der Waals surface area contributed by atoms with Gasteiger partial charge in [-0.25, -0.2) is 0 Å². The molecule has 0 spiro atoms. The summed E-state index contributed by atoms with van der Waals surface area (Å²) in [7, 11) is 0. The van der Waals surface area contributed by atoms with Gasteiger partial charge in [0.25, 0.3) is 5.91 Å². The summed E-state index contributed by atoms with van der Waals surface area (Å²) in [4.78, 5) is 24.2. The number of hydrogen-bond acceptors (Lipinski definition) is 3. The van der Waals surface area contributed by atoms with E-state index >= 15 is 0 Å². The highest BCUT2D eigenvalue weighted by Gasteiger charge is 2.14. The van der Waals surface area contributed by atoms with E-state index in [4.69, 9.17) is 4.74 Å². The van der Waals surface area contributed by atoms with Crippen LogP contribution in [0.5, 0.6) is 5.75 Å². The first-order valence-electron chi connectivity index (χ1n) is 10.7. The second kappa shape index (κ2) is 11.2. The maximum atomic E-state index is 12.7. The van der Waals surface area contributed by atoms with Crippen molar-refractivity contribution in [1.82, 2.24) is 5.32 Å². The van der Waals surface area contributed by atoms with E-state index in [1.807, 2.05) is 54.6 Å². The molecule has 0 atom stereocenters. The van der Waals surface area contributed by atoms with Crippen molar-refractivity contribution >= 4 is 23.6 Å². The third-order valence-corrected chi connectivity index (χ3v) is 5.30. The average molecular weight is 407 g/mol. The van der Waals surface area contributed by atoms with Crippen LogP contribution in [0, 0.1) is 5.92 Å². The Hall–Kier alpha value is -3.08. The molecule has 2 N–H and O–H groups in total. The Bertz CT molecular complexity index is 854. The zero-order valence-electron chi connectivity index (χ0n) is 17.5. The van der Waals surface area contributed by atoms with Crippen LogP contribution in [-0.2, 0) is 9.59 Å². The Morgan fingerprint density at radius 1 is 1.00 bits per heavy atom. The second-order valence-corrected chi connectivity index (χ2v) is 7.77. The first-order valence-corrected chi connectivity index (χ1v) is 10.7. The van der Waals surface area contributed by atoms with E-state index in [1.165, 1.54) is 39.0 Å². The van der Waals surface area contributed by atoms with Crippen molar-refractivity contribution in [1.29, 1.82) is 0 Å². The molecule has 2 aromatic carbocycles. The molecule has 5 heteroatoms. The summed E-state index contributed by atoms with van der Waals surface area (Å²) < 4.78 is 5.87. The van der Waals surface area contributed by atoms with Gasteiger partial charge in [-0.3, -0.25) is 9.59 Å². The third kappa shape index (κ3) is 7.07. The fourth-order valence-corrected chi connectivity index (χ4v) is 3.72. The van der Waals surface area contributed by atoms with Crippen LogP contribution in [0.4, 0.5) is 5.69 Å². The molecule has 0 heterocycles. The second-order valence-electron chi connectivity index (χ2n) is 7.77. The van der Waals surface area contributed by atoms with Gasteiger partial charge in [-0.1, -0.05) is 62.4 Å². The summed E-state index contributed by atoms with van der Waals surface area (Å²) in [5.74, 6) is 0.917. The maximum Gasteiger partial charge on any atom is 0.272 e. The lowest BCUT2D eigenvalue weighted by atomic mass is 9.87. The van der Waals surface area contributed by atoms with Crippen LogP contribution >= 0.6 is 0 Å². The summed E-state index contributed by atoms with van der Waals surface area (Å²) >= 11 is 0. The van der Waals surface area contributed by atoms with Crippen molar-refractivity contribution in [2.45, 2.75) is 45.4 Å². The van der Waals surface area contributed by atoms with Gasteiger partial charge in [0.2, 0.25) is 5.91 Å². The molecule has 1 aliphatic rings. The van der Waals surface area contributed by atoms with Crippen molar-refractivity contribution in [2.75, 3.05) is 11.9 Å². The van der Waals surface area contributed by atoms with Crippen molar-refractivity contribution in [3.8, 4) is 5.75 Å². The molecule has 2 aromatic rings. The van der Waals surface area contributed by atoms with Crippen LogP contribution in [-0.4, -0.2) is 18.4 Å². The van der Waals surface area contributed by atoms with E-state index in [1.54, 1.807) is 6.08 Å². The molecule has 0 aromatic heterocycles. The summed E-state index contributed by atoms with van der Waals surface area (Å²) in [5.41, 5.74) is 1.67. The number of amides is 2. The maximum absolute atomic E-state index is 12.7. The Balaban J connectivity index is 1.55. The molecule has 1 fully saturated rings. The van der Waals surface area contributed by atoms with Gasteiger partial charge < -0.3 is 15.4 Å². The van der Waals surface area contributed by atoms with Gasteiger partial charge in [0.05, 0.1) is 6.61 Å². The minimum atomic E-state index is -0.375. The number of benzene rings is 2. The molecule has 1 aliphatic carbocycles. The molecule has 0 saturated heterocycles. The number of carbonyl (C=O) groups is 2. The van der Waals surface area contributed by atoms with Crippen LogP contribution in [0.15, 0.2) is 60.3 Å². The zero-order chi connectivity index (χ0) is 21.2. The van der Waals surface area contributed by atoms with E-state index in [0.717, 1.165) is 30.3 Å². The van der Waals surface area contributed by atoms with Gasteiger partial charge in [0.15, 0.2) is 0 Å². The van der Waals surface area contributed by atoms with Crippen molar-refractivity contribution < 1.29 is 14.3 Å². The topological polar surface area (TPSA) is 67.4 Å². The SMILES string of the molecule is CC(=O)N/C(=C\c1ccccc1)C(=O)Nc1ccc(OCCC2CCCCC2)cc1. The summed E-state index contributed by atoms with van der Waals surface area (Å²) in [6.45, 7) is 2.11. The molecular weight excluding hydrogens is 376 g/mol. The normalized spacial score (nSPS) is 14.8. The van der Waals surface area contributed by atoms with Crippen molar-refractivity contribution in [2.24, 2.45) is 5.92 Å². The molecule has 30 heavy (non-hydrogen) atoms. The van der Waals surface area contributed by atoms with Crippen LogP contribution in [0.25, 0.3) is 6.08 Å². The van der Waals surface area contributed by atoms with E-state index in [2.05, 4.69) is 10.6 Å². The molecule has 0 radical (unpaired) electrons. The number of carbonyl (C=O) groups excluding carboxylic acids is 2.